The van der Waals surface area contributed by atoms with Gasteiger partial charge in [-0.1, -0.05) is 12.5 Å². The molecule has 106 valence electrons. The van der Waals surface area contributed by atoms with Gasteiger partial charge in [0.2, 0.25) is 11.8 Å². The van der Waals surface area contributed by atoms with E-state index in [1.807, 2.05) is 18.2 Å². The molecule has 4 heteroatoms. The van der Waals surface area contributed by atoms with E-state index in [1.54, 1.807) is 6.07 Å². The van der Waals surface area contributed by atoms with Crippen LogP contribution in [0, 0.1) is 17.8 Å². The molecule has 2 fully saturated rings. The molecule has 0 aromatic heterocycles. The maximum atomic E-state index is 12.3. The lowest BCUT2D eigenvalue weighted by Gasteiger charge is -2.20. The van der Waals surface area contributed by atoms with Crippen LogP contribution in [0.15, 0.2) is 24.3 Å². The van der Waals surface area contributed by atoms with Crippen molar-refractivity contribution < 1.29 is 9.59 Å². The number of carbonyl (C=O) groups excluding carboxylic acids is 2. The molecule has 0 heterocycles. The van der Waals surface area contributed by atoms with Crippen molar-refractivity contribution >= 4 is 23.2 Å². The first-order valence-corrected chi connectivity index (χ1v) is 7.30. The van der Waals surface area contributed by atoms with E-state index >= 15 is 0 Å². The molecule has 2 aliphatic rings. The number of hydrogen-bond donors (Lipinski definition) is 2. The van der Waals surface area contributed by atoms with Crippen molar-refractivity contribution in [1.29, 1.82) is 0 Å². The fourth-order valence-corrected chi connectivity index (χ4v) is 3.68. The summed E-state index contributed by atoms with van der Waals surface area (Å²) in [6.07, 6.45) is 4.77. The van der Waals surface area contributed by atoms with E-state index in [1.165, 1.54) is 26.2 Å². The molecule has 2 amide bonds. The van der Waals surface area contributed by atoms with Crippen molar-refractivity contribution in [1.82, 2.24) is 0 Å². The minimum Gasteiger partial charge on any atom is -0.326 e. The lowest BCUT2D eigenvalue weighted by molar-refractivity contribution is -0.121. The van der Waals surface area contributed by atoms with Gasteiger partial charge >= 0.3 is 0 Å². The van der Waals surface area contributed by atoms with E-state index in [2.05, 4.69) is 10.6 Å². The van der Waals surface area contributed by atoms with Gasteiger partial charge in [-0.2, -0.15) is 0 Å². The van der Waals surface area contributed by atoms with Crippen molar-refractivity contribution in [2.24, 2.45) is 17.8 Å². The predicted molar refractivity (Wildman–Crippen MR) is 78.3 cm³/mol. The smallest absolute Gasteiger partial charge is 0.227 e. The number of carbonyl (C=O) groups is 2. The highest BCUT2D eigenvalue weighted by Gasteiger charge is 2.42. The van der Waals surface area contributed by atoms with Crippen LogP contribution < -0.4 is 10.6 Å². The summed E-state index contributed by atoms with van der Waals surface area (Å²) in [7, 11) is 0. The van der Waals surface area contributed by atoms with E-state index in [-0.39, 0.29) is 17.7 Å². The lowest BCUT2D eigenvalue weighted by Crippen LogP contribution is -2.27. The topological polar surface area (TPSA) is 58.2 Å². The molecule has 4 nitrogen and oxygen atoms in total. The second-order valence-corrected chi connectivity index (χ2v) is 6.03. The van der Waals surface area contributed by atoms with Crippen LogP contribution in [-0.4, -0.2) is 11.8 Å². The van der Waals surface area contributed by atoms with Crippen molar-refractivity contribution in [3.63, 3.8) is 0 Å². The number of hydrogen-bond acceptors (Lipinski definition) is 2. The highest BCUT2D eigenvalue weighted by molar-refractivity contribution is 5.94. The monoisotopic (exact) mass is 272 g/mol. The van der Waals surface area contributed by atoms with Gasteiger partial charge in [-0.05, 0) is 49.3 Å². The third-order valence-corrected chi connectivity index (χ3v) is 4.53. The van der Waals surface area contributed by atoms with Gasteiger partial charge in [0.05, 0.1) is 0 Å². The summed E-state index contributed by atoms with van der Waals surface area (Å²) < 4.78 is 0. The molecule has 0 spiro atoms. The third kappa shape index (κ3) is 2.69. The quantitative estimate of drug-likeness (QED) is 0.888. The Morgan fingerprint density at radius 1 is 1.10 bits per heavy atom. The normalized spacial score (nSPS) is 27.4. The average molecular weight is 272 g/mol. The highest BCUT2D eigenvalue weighted by Crippen LogP contribution is 2.48. The van der Waals surface area contributed by atoms with Gasteiger partial charge < -0.3 is 10.6 Å². The number of benzene rings is 1. The van der Waals surface area contributed by atoms with Crippen LogP contribution in [0.4, 0.5) is 11.4 Å². The molecule has 0 radical (unpaired) electrons. The van der Waals surface area contributed by atoms with Crippen LogP contribution in [-0.2, 0) is 9.59 Å². The molecular weight excluding hydrogens is 252 g/mol. The molecule has 20 heavy (non-hydrogen) atoms. The summed E-state index contributed by atoms with van der Waals surface area (Å²) in [6, 6.07) is 7.30. The Balaban J connectivity index is 1.65. The Morgan fingerprint density at radius 3 is 2.45 bits per heavy atom. The molecule has 0 aliphatic heterocycles. The Bertz CT molecular complexity index is 541. The lowest BCUT2D eigenvalue weighted by atomic mass is 9.88. The van der Waals surface area contributed by atoms with Crippen molar-refractivity contribution in [3.8, 4) is 0 Å². The Morgan fingerprint density at radius 2 is 1.85 bits per heavy atom. The molecule has 0 saturated heterocycles. The van der Waals surface area contributed by atoms with Gasteiger partial charge in [-0.3, -0.25) is 9.59 Å². The second-order valence-electron chi connectivity index (χ2n) is 6.03. The van der Waals surface area contributed by atoms with Gasteiger partial charge in [0, 0.05) is 24.2 Å². The van der Waals surface area contributed by atoms with E-state index < -0.39 is 0 Å². The van der Waals surface area contributed by atoms with Crippen molar-refractivity contribution in [2.75, 3.05) is 10.6 Å². The fraction of sp³-hybridized carbons (Fsp3) is 0.500. The Kier molecular flexibility index (Phi) is 3.47. The molecule has 1 aromatic rings. The third-order valence-electron chi connectivity index (χ3n) is 4.53. The zero-order valence-corrected chi connectivity index (χ0v) is 11.7. The van der Waals surface area contributed by atoms with E-state index in [9.17, 15) is 9.59 Å². The van der Waals surface area contributed by atoms with Crippen LogP contribution in [0.3, 0.4) is 0 Å². The maximum Gasteiger partial charge on any atom is 0.227 e. The SMILES string of the molecule is CC(=O)Nc1cccc(NC(=O)[C@H]2C[C@@H]3CC[C@@H]2C3)c1. The first kappa shape index (κ1) is 13.2. The predicted octanol–water partition coefficient (Wildman–Crippen LogP) is 3.02. The molecule has 2 aliphatic carbocycles. The molecule has 2 saturated carbocycles. The van der Waals surface area contributed by atoms with E-state index in [0.717, 1.165) is 18.0 Å². The summed E-state index contributed by atoms with van der Waals surface area (Å²) in [6.45, 7) is 1.47. The van der Waals surface area contributed by atoms with Gasteiger partial charge in [0.15, 0.2) is 0 Å². The molecular formula is C16H20N2O2. The summed E-state index contributed by atoms with van der Waals surface area (Å²) in [4.78, 5) is 23.4. The van der Waals surface area contributed by atoms with Crippen LogP contribution in [0.2, 0.25) is 0 Å². The summed E-state index contributed by atoms with van der Waals surface area (Å²) >= 11 is 0. The molecule has 2 bridgehead atoms. The number of rotatable bonds is 3. The largest absolute Gasteiger partial charge is 0.326 e. The molecule has 3 atom stereocenters. The molecule has 2 N–H and O–H groups in total. The van der Waals surface area contributed by atoms with Crippen LogP contribution in [0.1, 0.15) is 32.6 Å². The summed E-state index contributed by atoms with van der Waals surface area (Å²) in [5, 5.41) is 5.72. The van der Waals surface area contributed by atoms with E-state index in [4.69, 9.17) is 0 Å². The zero-order chi connectivity index (χ0) is 14.1. The number of nitrogens with one attached hydrogen (secondary N) is 2. The van der Waals surface area contributed by atoms with Gasteiger partial charge in [0.25, 0.3) is 0 Å². The highest BCUT2D eigenvalue weighted by atomic mass is 16.2. The van der Waals surface area contributed by atoms with Gasteiger partial charge in [0.1, 0.15) is 0 Å². The minimum atomic E-state index is -0.110. The first-order valence-electron chi connectivity index (χ1n) is 7.30. The van der Waals surface area contributed by atoms with Gasteiger partial charge in [-0.25, -0.2) is 0 Å². The maximum absolute atomic E-state index is 12.3. The molecule has 0 unspecified atom stereocenters. The Hall–Kier alpha value is -1.84. The first-order chi connectivity index (χ1) is 9.61. The van der Waals surface area contributed by atoms with Crippen molar-refractivity contribution in [2.45, 2.75) is 32.6 Å². The van der Waals surface area contributed by atoms with Crippen molar-refractivity contribution in [3.05, 3.63) is 24.3 Å². The number of amides is 2. The fourth-order valence-electron chi connectivity index (χ4n) is 3.68. The Labute approximate surface area is 118 Å². The molecule has 3 rings (SSSR count). The zero-order valence-electron chi connectivity index (χ0n) is 11.7. The van der Waals surface area contributed by atoms with Crippen LogP contribution in [0.5, 0.6) is 0 Å². The minimum absolute atomic E-state index is 0.110. The van der Waals surface area contributed by atoms with Crippen LogP contribution >= 0.6 is 0 Å². The van der Waals surface area contributed by atoms with Gasteiger partial charge in [-0.15, -0.1) is 0 Å². The number of anilines is 2. The average Bonchev–Trinajstić information content (AvgIpc) is 3.00. The standard InChI is InChI=1S/C16H20N2O2/c1-10(19)17-13-3-2-4-14(9-13)18-16(20)15-8-11-5-6-12(15)7-11/h2-4,9,11-12,15H,5-8H2,1H3,(H,17,19)(H,18,20)/t11-,12-,15+/m1/s1. The number of fused-ring (bicyclic) bond motifs is 2. The summed E-state index contributed by atoms with van der Waals surface area (Å²) in [5.74, 6) is 1.55. The summed E-state index contributed by atoms with van der Waals surface area (Å²) in [5.41, 5.74) is 1.47. The molecule has 1 aromatic carbocycles. The van der Waals surface area contributed by atoms with E-state index in [0.29, 0.717) is 11.6 Å². The van der Waals surface area contributed by atoms with Crippen LogP contribution in [0.25, 0.3) is 0 Å². The second kappa shape index (κ2) is 5.27.